The van der Waals surface area contributed by atoms with Crippen molar-refractivity contribution in [3.63, 3.8) is 0 Å². The van der Waals surface area contributed by atoms with E-state index in [1.165, 1.54) is 19.3 Å². The Kier molecular flexibility index (Phi) is 20.1. The van der Waals surface area contributed by atoms with Gasteiger partial charge in [0.1, 0.15) is 60.9 Å². The van der Waals surface area contributed by atoms with E-state index in [-0.39, 0.29) is 24.7 Å². The van der Waals surface area contributed by atoms with Crippen LogP contribution in [0, 0.1) is 0 Å². The van der Waals surface area contributed by atoms with E-state index in [1.807, 2.05) is 60.7 Å². The van der Waals surface area contributed by atoms with Crippen molar-refractivity contribution in [1.29, 1.82) is 0 Å². The Labute approximate surface area is 386 Å². The molecule has 350 valence electrons. The van der Waals surface area contributed by atoms with Gasteiger partial charge in [0, 0.05) is 49.1 Å². The molecule has 0 bridgehead atoms. The number of phenolic OH excluding ortho intramolecular Hbond substituents is 2. The quantitative estimate of drug-likeness (QED) is 0.0374. The Morgan fingerprint density at radius 2 is 0.985 bits per heavy atom. The Balaban J connectivity index is 0.000000244. The molecule has 0 radical (unpaired) electrons. The van der Waals surface area contributed by atoms with Gasteiger partial charge < -0.3 is 44.7 Å². The average molecular weight is 889 g/mol. The molecule has 0 saturated heterocycles. The Morgan fingerprint density at radius 1 is 0.523 bits per heavy atom. The van der Waals surface area contributed by atoms with Gasteiger partial charge in [-0.25, -0.2) is 0 Å². The van der Waals surface area contributed by atoms with Crippen molar-refractivity contribution in [2.75, 3.05) is 46.1 Å². The summed E-state index contributed by atoms with van der Waals surface area (Å²) in [7, 11) is 0. The molecule has 10 heteroatoms. The van der Waals surface area contributed by atoms with Crippen LogP contribution in [0.25, 0.3) is 21.5 Å². The van der Waals surface area contributed by atoms with Crippen LogP contribution in [0.2, 0.25) is 0 Å². The van der Waals surface area contributed by atoms with Gasteiger partial charge in [0.25, 0.3) is 0 Å². The molecule has 0 heterocycles. The van der Waals surface area contributed by atoms with Crippen molar-refractivity contribution in [1.82, 2.24) is 10.2 Å². The molecule has 0 aliphatic rings. The molecule has 2 atom stereocenters. The lowest BCUT2D eigenvalue weighted by Crippen LogP contribution is -2.39. The SMILES string of the molecule is CC(O)COc1ccc2cc(O)ccc2c1Cc1ccc(OCCN(C(C)C)C(C)C)cc1.CCCCCNCCOc1ccc(Cc2c(OCC(C)O)ccc3cc(O)ccc23)cc1. The third-order valence-corrected chi connectivity index (χ3v) is 11.2. The maximum absolute atomic E-state index is 9.87. The minimum Gasteiger partial charge on any atom is -0.508 e. The van der Waals surface area contributed by atoms with Gasteiger partial charge in [-0.05, 0) is 148 Å². The minimum atomic E-state index is -0.549. The number of fused-ring (bicyclic) bond motifs is 2. The lowest BCUT2D eigenvalue weighted by Gasteiger charge is -2.30. The number of unbranched alkanes of at least 4 members (excludes halogenated alkanes) is 2. The summed E-state index contributed by atoms with van der Waals surface area (Å²) in [5, 5.41) is 46.4. The fourth-order valence-electron chi connectivity index (χ4n) is 7.84. The summed E-state index contributed by atoms with van der Waals surface area (Å²) in [4.78, 5) is 2.42. The van der Waals surface area contributed by atoms with E-state index in [0.717, 1.165) is 86.4 Å². The first-order chi connectivity index (χ1) is 31.3. The fourth-order valence-corrected chi connectivity index (χ4v) is 7.84. The summed E-state index contributed by atoms with van der Waals surface area (Å²) < 4.78 is 23.6. The van der Waals surface area contributed by atoms with Crippen LogP contribution >= 0.6 is 0 Å². The first-order valence-corrected chi connectivity index (χ1v) is 23.3. The smallest absolute Gasteiger partial charge is 0.123 e. The predicted molar refractivity (Wildman–Crippen MR) is 264 cm³/mol. The van der Waals surface area contributed by atoms with E-state index in [0.29, 0.717) is 38.1 Å². The zero-order valence-electron chi connectivity index (χ0n) is 39.6. The summed E-state index contributed by atoms with van der Waals surface area (Å²) in [6, 6.07) is 35.7. The van der Waals surface area contributed by atoms with Gasteiger partial charge in [-0.15, -0.1) is 0 Å². The molecule has 65 heavy (non-hydrogen) atoms. The first kappa shape index (κ1) is 50.5. The van der Waals surface area contributed by atoms with Gasteiger partial charge in [-0.2, -0.15) is 0 Å². The molecule has 0 amide bonds. The number of hydrogen-bond donors (Lipinski definition) is 5. The van der Waals surface area contributed by atoms with E-state index >= 15 is 0 Å². The number of ether oxygens (including phenoxy) is 4. The van der Waals surface area contributed by atoms with Gasteiger partial charge >= 0.3 is 0 Å². The Hall–Kier alpha value is -5.52. The highest BCUT2D eigenvalue weighted by atomic mass is 16.5. The van der Waals surface area contributed by atoms with Crippen molar-refractivity contribution in [3.8, 4) is 34.5 Å². The molecule has 0 aliphatic carbocycles. The summed E-state index contributed by atoms with van der Waals surface area (Å²) in [6.45, 7) is 19.0. The lowest BCUT2D eigenvalue weighted by atomic mass is 9.97. The Bertz CT molecular complexity index is 2320. The number of benzene rings is 6. The summed E-state index contributed by atoms with van der Waals surface area (Å²) >= 11 is 0. The van der Waals surface area contributed by atoms with Crippen LogP contribution in [0.1, 0.15) is 90.0 Å². The summed E-state index contributed by atoms with van der Waals surface area (Å²) in [5.41, 5.74) is 4.34. The highest BCUT2D eigenvalue weighted by Crippen LogP contribution is 2.34. The van der Waals surface area contributed by atoms with Crippen LogP contribution in [0.4, 0.5) is 0 Å². The van der Waals surface area contributed by atoms with Crippen LogP contribution in [0.3, 0.4) is 0 Å². The molecule has 6 aromatic carbocycles. The molecule has 0 aromatic heterocycles. The highest BCUT2D eigenvalue weighted by molar-refractivity contribution is 5.90. The van der Waals surface area contributed by atoms with Crippen molar-refractivity contribution in [2.45, 2.75) is 105 Å². The van der Waals surface area contributed by atoms with Crippen molar-refractivity contribution in [3.05, 3.63) is 131 Å². The van der Waals surface area contributed by atoms with Gasteiger partial charge in [0.15, 0.2) is 0 Å². The number of nitrogens with zero attached hydrogens (tertiary/aromatic N) is 1. The molecular formula is C55H72N2O8. The normalized spacial score (nSPS) is 12.4. The molecule has 2 unspecified atom stereocenters. The van der Waals surface area contributed by atoms with Crippen LogP contribution in [0.5, 0.6) is 34.5 Å². The van der Waals surface area contributed by atoms with E-state index in [1.54, 1.807) is 38.1 Å². The fraction of sp³-hybridized carbons (Fsp3) is 0.418. The van der Waals surface area contributed by atoms with E-state index < -0.39 is 12.2 Å². The minimum absolute atomic E-state index is 0.229. The number of rotatable bonds is 24. The van der Waals surface area contributed by atoms with Crippen molar-refractivity contribution >= 4 is 21.5 Å². The third-order valence-electron chi connectivity index (χ3n) is 11.2. The number of nitrogens with one attached hydrogen (secondary N) is 1. The largest absolute Gasteiger partial charge is 0.508 e. The van der Waals surface area contributed by atoms with Crippen LogP contribution < -0.4 is 24.3 Å². The zero-order valence-corrected chi connectivity index (χ0v) is 39.6. The van der Waals surface area contributed by atoms with E-state index in [4.69, 9.17) is 18.9 Å². The Morgan fingerprint density at radius 3 is 1.42 bits per heavy atom. The van der Waals surface area contributed by atoms with Crippen molar-refractivity contribution in [2.24, 2.45) is 0 Å². The maximum atomic E-state index is 9.87. The van der Waals surface area contributed by atoms with E-state index in [9.17, 15) is 20.4 Å². The summed E-state index contributed by atoms with van der Waals surface area (Å²) in [6.07, 6.45) is 3.96. The van der Waals surface area contributed by atoms with Crippen LogP contribution in [0.15, 0.2) is 109 Å². The average Bonchev–Trinajstić information content (AvgIpc) is 3.27. The zero-order chi connectivity index (χ0) is 46.7. The second kappa shape index (κ2) is 25.8. The topological polar surface area (TPSA) is 133 Å². The van der Waals surface area contributed by atoms with Crippen molar-refractivity contribution < 1.29 is 39.4 Å². The summed E-state index contributed by atoms with van der Waals surface area (Å²) in [5.74, 6) is 3.69. The third kappa shape index (κ3) is 16.1. The lowest BCUT2D eigenvalue weighted by molar-refractivity contribution is 0.122. The van der Waals surface area contributed by atoms with Gasteiger partial charge in [0.05, 0.1) is 12.2 Å². The molecule has 0 saturated carbocycles. The monoisotopic (exact) mass is 889 g/mol. The molecule has 6 rings (SSSR count). The predicted octanol–water partition coefficient (Wildman–Crippen LogP) is 10.4. The number of aromatic hydroxyl groups is 2. The van der Waals surface area contributed by atoms with E-state index in [2.05, 4.69) is 69.1 Å². The standard InChI is InChI=1S/C28H37NO4.C27H35NO4/c1-19(2)29(20(3)4)14-15-32-25-10-6-22(7-11-25)16-27-26-12-9-24(31)17-23(26)8-13-28(27)33-18-21(5)30;1-3-4-5-14-28-15-16-31-24-10-6-21(7-11-24)17-26-25-12-9-23(30)18-22(25)8-13-27(26)32-19-20(2)29/h6-13,17,19-21,30-31H,14-16,18H2,1-5H3;6-13,18,20,28-30H,3-5,14-17,19H2,1-2H3. The molecule has 5 N–H and O–H groups in total. The molecule has 6 aromatic rings. The molecule has 0 spiro atoms. The second-order valence-electron chi connectivity index (χ2n) is 17.4. The number of aliphatic hydroxyl groups excluding tert-OH is 2. The molecule has 0 fully saturated rings. The molecule has 0 aliphatic heterocycles. The highest BCUT2D eigenvalue weighted by Gasteiger charge is 2.15. The van der Waals surface area contributed by atoms with Gasteiger partial charge in [-0.3, -0.25) is 4.90 Å². The molecule has 10 nitrogen and oxygen atoms in total. The van der Waals surface area contributed by atoms with Crippen LogP contribution in [-0.2, 0) is 12.8 Å². The first-order valence-electron chi connectivity index (χ1n) is 23.3. The van der Waals surface area contributed by atoms with Gasteiger partial charge in [0.2, 0.25) is 0 Å². The van der Waals surface area contributed by atoms with Gasteiger partial charge in [-0.1, -0.05) is 68.3 Å². The number of aliphatic hydroxyl groups is 2. The second-order valence-corrected chi connectivity index (χ2v) is 17.4. The number of hydrogen-bond acceptors (Lipinski definition) is 10. The van der Waals surface area contributed by atoms with Crippen LogP contribution in [-0.4, -0.2) is 95.7 Å². The molecular weight excluding hydrogens is 817 g/mol. The number of phenols is 2. The maximum Gasteiger partial charge on any atom is 0.123 e.